The fourth-order valence-corrected chi connectivity index (χ4v) is 6.26. The van der Waals surface area contributed by atoms with Crippen LogP contribution in [-0.4, -0.2) is 39.5 Å². The zero-order chi connectivity index (χ0) is 25.3. The van der Waals surface area contributed by atoms with Crippen molar-refractivity contribution in [3.05, 3.63) is 50.1 Å². The Kier molecular flexibility index (Phi) is 7.73. The number of hydrogen-bond acceptors (Lipinski definition) is 8. The minimum absolute atomic E-state index is 0.125. The highest BCUT2D eigenvalue weighted by Crippen LogP contribution is 2.39. The normalized spacial score (nSPS) is 13.4. The summed E-state index contributed by atoms with van der Waals surface area (Å²) in [5.74, 6) is 0.838. The van der Waals surface area contributed by atoms with Crippen LogP contribution in [0.15, 0.2) is 17.3 Å². The molecule has 1 aromatic carbocycles. The molecule has 2 heterocycles. The number of amides is 1. The van der Waals surface area contributed by atoms with Gasteiger partial charge in [0.15, 0.2) is 17.1 Å². The van der Waals surface area contributed by atoms with Crippen molar-refractivity contribution < 1.29 is 19.1 Å². The monoisotopic (exact) mass is 534 g/mol. The molecule has 3 aromatic rings. The van der Waals surface area contributed by atoms with Gasteiger partial charge in [0.1, 0.15) is 10.8 Å². The Hall–Kier alpha value is -2.56. The molecule has 35 heavy (non-hydrogen) atoms. The zero-order valence-electron chi connectivity index (χ0n) is 20.2. The first-order valence-electron chi connectivity index (χ1n) is 11.2. The standard InChI is InChI=1S/C24H27ClN4O4S2/c1-12-9-15(10-13(2)20(12)25)33-14(3)21-27-28-24(29(21)4)34-11-18(30)26-22-19(23(31)32-5)16-7-6-8-17(16)35-22/h9-10,14H,6-8,11H2,1-5H3,(H,26,30). The van der Waals surface area contributed by atoms with Gasteiger partial charge in [-0.1, -0.05) is 23.4 Å². The lowest BCUT2D eigenvalue weighted by Crippen LogP contribution is -2.16. The molecule has 8 nitrogen and oxygen atoms in total. The van der Waals surface area contributed by atoms with Gasteiger partial charge in [0.05, 0.1) is 18.4 Å². The molecule has 1 aliphatic carbocycles. The molecule has 0 aliphatic heterocycles. The summed E-state index contributed by atoms with van der Waals surface area (Å²) >= 11 is 8.98. The lowest BCUT2D eigenvalue weighted by Gasteiger charge is -2.16. The van der Waals surface area contributed by atoms with Crippen LogP contribution in [0.2, 0.25) is 5.02 Å². The first-order chi connectivity index (χ1) is 16.7. The number of aryl methyl sites for hydroxylation is 3. The van der Waals surface area contributed by atoms with Crippen LogP contribution in [0.4, 0.5) is 5.00 Å². The molecule has 0 saturated carbocycles. The van der Waals surface area contributed by atoms with Crippen molar-refractivity contribution in [1.29, 1.82) is 0 Å². The van der Waals surface area contributed by atoms with Crippen LogP contribution in [-0.2, 0) is 29.4 Å². The van der Waals surface area contributed by atoms with E-state index in [0.717, 1.165) is 45.9 Å². The predicted octanol–water partition coefficient (Wildman–Crippen LogP) is 5.29. The topological polar surface area (TPSA) is 95.3 Å². The van der Waals surface area contributed by atoms with Crippen molar-refractivity contribution in [3.8, 4) is 5.75 Å². The van der Waals surface area contributed by atoms with Gasteiger partial charge in [0.25, 0.3) is 0 Å². The molecule has 0 fully saturated rings. The van der Waals surface area contributed by atoms with Crippen molar-refractivity contribution >= 4 is 51.6 Å². The highest BCUT2D eigenvalue weighted by atomic mass is 35.5. The summed E-state index contributed by atoms with van der Waals surface area (Å²) in [5.41, 5.74) is 3.38. The number of carbonyl (C=O) groups is 2. The van der Waals surface area contributed by atoms with E-state index in [-0.39, 0.29) is 17.8 Å². The van der Waals surface area contributed by atoms with E-state index < -0.39 is 5.97 Å². The lowest BCUT2D eigenvalue weighted by atomic mass is 10.1. The molecule has 0 radical (unpaired) electrons. The number of thioether (sulfide) groups is 1. The van der Waals surface area contributed by atoms with E-state index in [1.165, 1.54) is 30.2 Å². The molecule has 186 valence electrons. The maximum atomic E-state index is 12.7. The molecule has 0 saturated heterocycles. The number of aromatic nitrogens is 3. The fourth-order valence-electron chi connectivity index (χ4n) is 4.14. The average Bonchev–Trinajstić information content (AvgIpc) is 3.50. The van der Waals surface area contributed by atoms with Crippen LogP contribution < -0.4 is 10.1 Å². The largest absolute Gasteiger partial charge is 0.483 e. The summed E-state index contributed by atoms with van der Waals surface area (Å²) in [6.07, 6.45) is 2.42. The van der Waals surface area contributed by atoms with Crippen LogP contribution >= 0.6 is 34.7 Å². The summed E-state index contributed by atoms with van der Waals surface area (Å²) < 4.78 is 12.8. The van der Waals surface area contributed by atoms with E-state index in [1.807, 2.05) is 44.5 Å². The maximum absolute atomic E-state index is 12.7. The smallest absolute Gasteiger partial charge is 0.341 e. The number of carbonyl (C=O) groups excluding carboxylic acids is 2. The van der Waals surface area contributed by atoms with Crippen LogP contribution in [0, 0.1) is 13.8 Å². The summed E-state index contributed by atoms with van der Waals surface area (Å²) in [4.78, 5) is 26.1. The zero-order valence-corrected chi connectivity index (χ0v) is 22.6. The van der Waals surface area contributed by atoms with E-state index in [0.29, 0.717) is 27.3 Å². The SMILES string of the molecule is COC(=O)c1c(NC(=O)CSc2nnc(C(C)Oc3cc(C)c(Cl)c(C)c3)n2C)sc2c1CCC2. The Morgan fingerprint density at radius 1 is 1.26 bits per heavy atom. The van der Waals surface area contributed by atoms with Crippen LogP contribution in [0.1, 0.15) is 57.2 Å². The number of nitrogens with zero attached hydrogens (tertiary/aromatic N) is 3. The number of rotatable bonds is 8. The second-order valence-electron chi connectivity index (χ2n) is 8.42. The highest BCUT2D eigenvalue weighted by molar-refractivity contribution is 7.99. The van der Waals surface area contributed by atoms with Gasteiger partial charge in [-0.2, -0.15) is 0 Å². The molecule has 1 unspecified atom stereocenters. The van der Waals surface area contributed by atoms with Crippen molar-refractivity contribution in [2.45, 2.75) is 51.3 Å². The predicted molar refractivity (Wildman–Crippen MR) is 138 cm³/mol. The molecule has 0 spiro atoms. The Morgan fingerprint density at radius 2 is 1.97 bits per heavy atom. The number of esters is 1. The Bertz CT molecular complexity index is 1260. The van der Waals surface area contributed by atoms with Crippen molar-refractivity contribution in [2.75, 3.05) is 18.2 Å². The van der Waals surface area contributed by atoms with Crippen LogP contribution in [0.5, 0.6) is 5.75 Å². The quantitative estimate of drug-likeness (QED) is 0.310. The number of ether oxygens (including phenoxy) is 2. The molecular formula is C24H27ClN4O4S2. The summed E-state index contributed by atoms with van der Waals surface area (Å²) in [7, 11) is 3.20. The van der Waals surface area contributed by atoms with Crippen molar-refractivity contribution in [1.82, 2.24) is 14.8 Å². The first-order valence-corrected chi connectivity index (χ1v) is 13.4. The minimum Gasteiger partial charge on any atom is -0.483 e. The Morgan fingerprint density at radius 3 is 2.66 bits per heavy atom. The Labute approximate surface area is 217 Å². The van der Waals surface area contributed by atoms with Gasteiger partial charge >= 0.3 is 5.97 Å². The molecule has 11 heteroatoms. The van der Waals surface area contributed by atoms with E-state index >= 15 is 0 Å². The molecule has 0 bridgehead atoms. The molecule has 4 rings (SSSR count). The highest BCUT2D eigenvalue weighted by Gasteiger charge is 2.28. The number of methoxy groups -OCH3 is 1. The molecule has 1 aliphatic rings. The number of anilines is 1. The molecular weight excluding hydrogens is 508 g/mol. The van der Waals surface area contributed by atoms with Crippen LogP contribution in [0.25, 0.3) is 0 Å². The summed E-state index contributed by atoms with van der Waals surface area (Å²) in [5, 5.41) is 13.3. The number of hydrogen-bond donors (Lipinski definition) is 1. The first kappa shape index (κ1) is 25.5. The van der Waals surface area contributed by atoms with Crippen molar-refractivity contribution in [2.24, 2.45) is 7.05 Å². The second kappa shape index (κ2) is 10.6. The number of thiophene rings is 1. The van der Waals surface area contributed by atoms with Gasteiger partial charge in [0, 0.05) is 16.9 Å². The van der Waals surface area contributed by atoms with E-state index in [9.17, 15) is 9.59 Å². The van der Waals surface area contributed by atoms with Gasteiger partial charge in [-0.25, -0.2) is 4.79 Å². The fraction of sp³-hybridized carbons (Fsp3) is 0.417. The molecule has 1 atom stereocenters. The van der Waals surface area contributed by atoms with E-state index in [2.05, 4.69) is 15.5 Å². The van der Waals surface area contributed by atoms with E-state index in [4.69, 9.17) is 21.1 Å². The van der Waals surface area contributed by atoms with Gasteiger partial charge < -0.3 is 19.4 Å². The minimum atomic E-state index is -0.412. The van der Waals surface area contributed by atoms with Crippen LogP contribution in [0.3, 0.4) is 0 Å². The number of nitrogens with one attached hydrogen (secondary N) is 1. The summed E-state index contributed by atoms with van der Waals surface area (Å²) in [6, 6.07) is 3.79. The average molecular weight is 535 g/mol. The molecule has 1 N–H and O–H groups in total. The van der Waals surface area contributed by atoms with Gasteiger partial charge in [-0.3, -0.25) is 4.79 Å². The third-order valence-electron chi connectivity index (χ3n) is 5.85. The van der Waals surface area contributed by atoms with Crippen molar-refractivity contribution in [3.63, 3.8) is 0 Å². The third kappa shape index (κ3) is 5.34. The van der Waals surface area contributed by atoms with E-state index in [1.54, 1.807) is 0 Å². The third-order valence-corrected chi connectivity index (χ3v) is 8.67. The Balaban J connectivity index is 1.40. The maximum Gasteiger partial charge on any atom is 0.341 e. The number of fused-ring (bicyclic) bond motifs is 1. The van der Waals surface area contributed by atoms with Gasteiger partial charge in [0.2, 0.25) is 5.91 Å². The second-order valence-corrected chi connectivity index (χ2v) is 10.8. The molecule has 1 amide bonds. The number of halogens is 1. The number of benzene rings is 1. The molecule has 2 aromatic heterocycles. The summed E-state index contributed by atoms with van der Waals surface area (Å²) in [6.45, 7) is 5.77. The van der Waals surface area contributed by atoms with Gasteiger partial charge in [-0.15, -0.1) is 21.5 Å². The lowest BCUT2D eigenvalue weighted by molar-refractivity contribution is -0.113. The van der Waals surface area contributed by atoms with Gasteiger partial charge in [-0.05, 0) is 68.9 Å².